The van der Waals surface area contributed by atoms with Crippen molar-refractivity contribution < 1.29 is 9.18 Å². The molecule has 0 fully saturated rings. The Morgan fingerprint density at radius 2 is 2.00 bits per heavy atom. The molecule has 0 saturated heterocycles. The smallest absolute Gasteiger partial charge is 0.251 e. The third-order valence-electron chi connectivity index (χ3n) is 3.23. The Labute approximate surface area is 131 Å². The first-order chi connectivity index (χ1) is 9.99. The summed E-state index contributed by atoms with van der Waals surface area (Å²) in [6, 6.07) is 5.51. The molecular formula is C15H17BrFN3O. The lowest BCUT2D eigenvalue weighted by molar-refractivity contribution is 0.0952. The molecule has 1 aromatic heterocycles. The SMILES string of the molecule is Cc1nn(CCCNC(=O)c2ccc(F)cc2)c(C)c1Br. The van der Waals surface area contributed by atoms with Gasteiger partial charge in [-0.3, -0.25) is 9.48 Å². The number of aryl methyl sites for hydroxylation is 2. The summed E-state index contributed by atoms with van der Waals surface area (Å²) in [4.78, 5) is 11.8. The van der Waals surface area contributed by atoms with Crippen LogP contribution in [0.25, 0.3) is 0 Å². The van der Waals surface area contributed by atoms with Crippen LogP contribution in [0.1, 0.15) is 28.2 Å². The van der Waals surface area contributed by atoms with Gasteiger partial charge in [0.05, 0.1) is 10.2 Å². The molecule has 21 heavy (non-hydrogen) atoms. The molecule has 112 valence electrons. The summed E-state index contributed by atoms with van der Waals surface area (Å²) >= 11 is 3.48. The second-order valence-electron chi connectivity index (χ2n) is 4.82. The van der Waals surface area contributed by atoms with Crippen molar-refractivity contribution in [2.75, 3.05) is 6.54 Å². The predicted molar refractivity (Wildman–Crippen MR) is 82.8 cm³/mol. The highest BCUT2D eigenvalue weighted by molar-refractivity contribution is 9.10. The van der Waals surface area contributed by atoms with E-state index in [0.29, 0.717) is 12.1 Å². The Morgan fingerprint density at radius 1 is 1.33 bits per heavy atom. The average molecular weight is 354 g/mol. The van der Waals surface area contributed by atoms with Crippen molar-refractivity contribution in [3.05, 3.63) is 51.5 Å². The maximum absolute atomic E-state index is 12.8. The largest absolute Gasteiger partial charge is 0.352 e. The summed E-state index contributed by atoms with van der Waals surface area (Å²) < 4.78 is 15.7. The van der Waals surface area contributed by atoms with E-state index in [1.807, 2.05) is 18.5 Å². The summed E-state index contributed by atoms with van der Waals surface area (Å²) in [6.07, 6.45) is 0.779. The van der Waals surface area contributed by atoms with Crippen molar-refractivity contribution in [2.24, 2.45) is 0 Å². The lowest BCUT2D eigenvalue weighted by Crippen LogP contribution is -2.25. The van der Waals surface area contributed by atoms with Crippen LogP contribution in [0.4, 0.5) is 4.39 Å². The molecule has 1 amide bonds. The third-order valence-corrected chi connectivity index (χ3v) is 4.38. The number of hydrogen-bond donors (Lipinski definition) is 1. The topological polar surface area (TPSA) is 46.9 Å². The number of nitrogens with one attached hydrogen (secondary N) is 1. The molecule has 2 aromatic rings. The molecule has 2 rings (SSSR count). The van der Waals surface area contributed by atoms with E-state index in [1.54, 1.807) is 0 Å². The van der Waals surface area contributed by atoms with Crippen LogP contribution in [0.3, 0.4) is 0 Å². The Morgan fingerprint density at radius 3 is 2.57 bits per heavy atom. The van der Waals surface area contributed by atoms with E-state index in [-0.39, 0.29) is 11.7 Å². The highest BCUT2D eigenvalue weighted by Gasteiger charge is 2.08. The van der Waals surface area contributed by atoms with E-state index in [0.717, 1.165) is 28.8 Å². The van der Waals surface area contributed by atoms with Gasteiger partial charge in [-0.2, -0.15) is 5.10 Å². The van der Waals surface area contributed by atoms with E-state index >= 15 is 0 Å². The van der Waals surface area contributed by atoms with Gasteiger partial charge < -0.3 is 5.32 Å². The number of amides is 1. The zero-order chi connectivity index (χ0) is 15.4. The highest BCUT2D eigenvalue weighted by Crippen LogP contribution is 2.19. The molecule has 6 heteroatoms. The van der Waals surface area contributed by atoms with Crippen LogP contribution in [0, 0.1) is 19.7 Å². The molecule has 0 unspecified atom stereocenters. The van der Waals surface area contributed by atoms with Crippen LogP contribution in [0.5, 0.6) is 0 Å². The van der Waals surface area contributed by atoms with Crippen molar-refractivity contribution in [1.29, 1.82) is 0 Å². The van der Waals surface area contributed by atoms with Gasteiger partial charge in [-0.1, -0.05) is 0 Å². The van der Waals surface area contributed by atoms with Crippen LogP contribution in [0.2, 0.25) is 0 Å². The van der Waals surface area contributed by atoms with E-state index in [2.05, 4.69) is 26.3 Å². The summed E-state index contributed by atoms with van der Waals surface area (Å²) in [5, 5.41) is 7.23. The minimum atomic E-state index is -0.346. The quantitative estimate of drug-likeness (QED) is 0.838. The van der Waals surface area contributed by atoms with Gasteiger partial charge in [0.1, 0.15) is 5.82 Å². The van der Waals surface area contributed by atoms with Crippen LogP contribution >= 0.6 is 15.9 Å². The molecule has 0 aliphatic heterocycles. The maximum atomic E-state index is 12.8. The van der Waals surface area contributed by atoms with Crippen LogP contribution < -0.4 is 5.32 Å². The highest BCUT2D eigenvalue weighted by atomic mass is 79.9. The number of carbonyl (C=O) groups is 1. The summed E-state index contributed by atoms with van der Waals surface area (Å²) in [5.41, 5.74) is 2.51. The van der Waals surface area contributed by atoms with E-state index < -0.39 is 0 Å². The van der Waals surface area contributed by atoms with E-state index in [9.17, 15) is 9.18 Å². The van der Waals surface area contributed by atoms with Crippen molar-refractivity contribution >= 4 is 21.8 Å². The fourth-order valence-electron chi connectivity index (χ4n) is 2.03. The molecule has 0 spiro atoms. The van der Waals surface area contributed by atoms with Crippen LogP contribution in [-0.2, 0) is 6.54 Å². The number of hydrogen-bond acceptors (Lipinski definition) is 2. The molecule has 0 aliphatic rings. The fourth-order valence-corrected chi connectivity index (χ4v) is 2.31. The molecule has 4 nitrogen and oxygen atoms in total. The monoisotopic (exact) mass is 353 g/mol. The first kappa shape index (κ1) is 15.7. The van der Waals surface area contributed by atoms with Gasteiger partial charge in [-0.05, 0) is 60.5 Å². The molecule has 0 saturated carbocycles. The van der Waals surface area contributed by atoms with Crippen LogP contribution in [0.15, 0.2) is 28.7 Å². The summed E-state index contributed by atoms with van der Waals surface area (Å²) in [5.74, 6) is -0.536. The Kier molecular flexibility index (Phi) is 5.12. The zero-order valence-corrected chi connectivity index (χ0v) is 13.6. The van der Waals surface area contributed by atoms with Gasteiger partial charge in [-0.25, -0.2) is 4.39 Å². The Balaban J connectivity index is 1.80. The molecule has 0 bridgehead atoms. The van der Waals surface area contributed by atoms with Crippen molar-refractivity contribution in [2.45, 2.75) is 26.8 Å². The minimum Gasteiger partial charge on any atom is -0.352 e. The molecule has 1 N–H and O–H groups in total. The second-order valence-corrected chi connectivity index (χ2v) is 5.62. The Bertz CT molecular complexity index is 637. The van der Waals surface area contributed by atoms with Crippen molar-refractivity contribution in [3.8, 4) is 0 Å². The molecule has 1 heterocycles. The third kappa shape index (κ3) is 3.91. The standard InChI is InChI=1S/C15H17BrFN3O/c1-10-14(16)11(2)20(19-10)9-3-8-18-15(21)12-4-6-13(17)7-5-12/h4-7H,3,8-9H2,1-2H3,(H,18,21). The summed E-state index contributed by atoms with van der Waals surface area (Å²) in [6.45, 7) is 5.24. The molecule has 0 atom stereocenters. The number of carbonyl (C=O) groups excluding carboxylic acids is 1. The van der Waals surface area contributed by atoms with E-state index in [1.165, 1.54) is 24.3 Å². The first-order valence-corrected chi connectivity index (χ1v) is 7.51. The average Bonchev–Trinajstić information content (AvgIpc) is 2.71. The van der Waals surface area contributed by atoms with Gasteiger partial charge in [0.25, 0.3) is 5.91 Å². The van der Waals surface area contributed by atoms with E-state index in [4.69, 9.17) is 0 Å². The maximum Gasteiger partial charge on any atom is 0.251 e. The fraction of sp³-hybridized carbons (Fsp3) is 0.333. The first-order valence-electron chi connectivity index (χ1n) is 6.72. The number of halogens is 2. The van der Waals surface area contributed by atoms with Gasteiger partial charge in [0.15, 0.2) is 0 Å². The number of aromatic nitrogens is 2. The molecule has 1 aromatic carbocycles. The number of nitrogens with zero attached hydrogens (tertiary/aromatic N) is 2. The Hall–Kier alpha value is -1.69. The van der Waals surface area contributed by atoms with Crippen molar-refractivity contribution in [3.63, 3.8) is 0 Å². The molecule has 0 radical (unpaired) electrons. The van der Waals surface area contributed by atoms with Gasteiger partial charge in [-0.15, -0.1) is 0 Å². The molecule has 0 aliphatic carbocycles. The number of rotatable bonds is 5. The minimum absolute atomic E-state index is 0.190. The van der Waals surface area contributed by atoms with Gasteiger partial charge >= 0.3 is 0 Å². The normalized spacial score (nSPS) is 10.7. The molecular weight excluding hydrogens is 337 g/mol. The summed E-state index contributed by atoms with van der Waals surface area (Å²) in [7, 11) is 0. The van der Waals surface area contributed by atoms with Gasteiger partial charge in [0, 0.05) is 24.3 Å². The second kappa shape index (κ2) is 6.85. The zero-order valence-electron chi connectivity index (χ0n) is 12.0. The lowest BCUT2D eigenvalue weighted by Gasteiger charge is -2.07. The van der Waals surface area contributed by atoms with Crippen LogP contribution in [-0.4, -0.2) is 22.2 Å². The number of benzene rings is 1. The predicted octanol–water partition coefficient (Wildman–Crippen LogP) is 3.22. The van der Waals surface area contributed by atoms with Crippen molar-refractivity contribution in [1.82, 2.24) is 15.1 Å². The lowest BCUT2D eigenvalue weighted by atomic mass is 10.2. The van der Waals surface area contributed by atoms with Gasteiger partial charge in [0.2, 0.25) is 0 Å².